The maximum atomic E-state index is 10.1. The van der Waals surface area contributed by atoms with Gasteiger partial charge in [-0.25, -0.2) is 0 Å². The van der Waals surface area contributed by atoms with Crippen LogP contribution in [0, 0.1) is 0 Å². The second-order valence-electron chi connectivity index (χ2n) is 0.311. The van der Waals surface area contributed by atoms with Crippen LogP contribution in [0.5, 0.6) is 0 Å². The van der Waals surface area contributed by atoms with E-state index in [1.54, 1.807) is 0 Å². The monoisotopic (exact) mass is 112 g/mol. The first kappa shape index (κ1) is 9.16. The number of hydrogen-bond donors (Lipinski definition) is 2. The largest absolute Gasteiger partial charge is 0.674 e. The van der Waals surface area contributed by atoms with Crippen molar-refractivity contribution in [3.8, 4) is 0 Å². The van der Waals surface area contributed by atoms with Crippen molar-refractivity contribution >= 4 is 7.40 Å². The molecule has 0 aliphatic carbocycles. The van der Waals surface area contributed by atoms with Crippen molar-refractivity contribution in [3.63, 3.8) is 0 Å². The van der Waals surface area contributed by atoms with Crippen LogP contribution in [0.15, 0.2) is 0 Å². The molecule has 0 aliphatic heterocycles. The van der Waals surface area contributed by atoms with Crippen LogP contribution >= 0.6 is 0 Å². The number of hydrogen-bond acceptors (Lipinski definition) is 2. The third-order valence-corrected chi connectivity index (χ3v) is 0. The zero-order chi connectivity index (χ0) is 3.58. The summed E-state index contributed by atoms with van der Waals surface area (Å²) >= 11 is 0. The maximum absolute atomic E-state index is 10.1. The van der Waals surface area contributed by atoms with E-state index in [1.807, 2.05) is 0 Å². The van der Waals surface area contributed by atoms with Gasteiger partial charge >= 0.3 is 7.40 Å². The Morgan fingerprint density at radius 3 is 1.40 bits per heavy atom. The van der Waals surface area contributed by atoms with Crippen molar-refractivity contribution in [1.29, 1.82) is 0 Å². The van der Waals surface area contributed by atoms with E-state index in [4.69, 9.17) is 10.0 Å². The molecule has 0 heterocycles. The maximum Gasteiger partial charge on any atom is 0.674 e. The summed E-state index contributed by atoms with van der Waals surface area (Å²) in [5.74, 6) is 0. The number of rotatable bonds is 0. The Morgan fingerprint density at radius 1 is 1.40 bits per heavy atom. The molecular formula is H2BFO2Ti. The van der Waals surface area contributed by atoms with E-state index in [-0.39, 0.29) is 21.7 Å². The second kappa shape index (κ2) is 4.63. The molecule has 2 N–H and O–H groups in total. The van der Waals surface area contributed by atoms with E-state index in [0.29, 0.717) is 0 Å². The van der Waals surface area contributed by atoms with Gasteiger partial charge in [0.15, 0.2) is 0 Å². The molecule has 0 radical (unpaired) electrons. The summed E-state index contributed by atoms with van der Waals surface area (Å²) in [5.41, 5.74) is 0. The molecule has 0 unspecified atom stereocenters. The molecule has 5 heavy (non-hydrogen) atoms. The molecule has 0 rings (SSSR count). The summed E-state index contributed by atoms with van der Waals surface area (Å²) in [5, 5.41) is 13.9. The first-order chi connectivity index (χ1) is 1.73. The van der Waals surface area contributed by atoms with Crippen molar-refractivity contribution < 1.29 is 36.1 Å². The van der Waals surface area contributed by atoms with Crippen LogP contribution in [0.25, 0.3) is 0 Å². The quantitative estimate of drug-likeness (QED) is 0.391. The molecule has 0 saturated heterocycles. The van der Waals surface area contributed by atoms with E-state index in [0.717, 1.165) is 0 Å². The predicted octanol–water partition coefficient (Wildman–Crippen LogP) is -1.08. The third kappa shape index (κ3) is 80.8. The van der Waals surface area contributed by atoms with E-state index >= 15 is 0 Å². The van der Waals surface area contributed by atoms with Gasteiger partial charge in [0.05, 0.1) is 0 Å². The smallest absolute Gasteiger partial charge is 0.398 e. The van der Waals surface area contributed by atoms with Crippen molar-refractivity contribution in [2.24, 2.45) is 0 Å². The fourth-order valence-electron chi connectivity index (χ4n) is 0. The van der Waals surface area contributed by atoms with Crippen LogP contribution in [-0.2, 0) is 21.7 Å². The van der Waals surface area contributed by atoms with Crippen molar-refractivity contribution in [2.75, 3.05) is 0 Å². The Kier molecular flexibility index (Phi) is 8.48. The van der Waals surface area contributed by atoms with E-state index in [2.05, 4.69) is 0 Å². The summed E-state index contributed by atoms with van der Waals surface area (Å²) in [6.45, 7) is 0. The van der Waals surface area contributed by atoms with Gasteiger partial charge < -0.3 is 10.0 Å². The molecule has 0 bridgehead atoms. The zero-order valence-electron chi connectivity index (χ0n) is 2.35. The van der Waals surface area contributed by atoms with Gasteiger partial charge in [-0.3, -0.25) is 4.32 Å². The van der Waals surface area contributed by atoms with E-state index in [1.165, 1.54) is 0 Å². The minimum atomic E-state index is -2.67. The summed E-state index contributed by atoms with van der Waals surface area (Å²) in [7, 11) is -2.67. The summed E-state index contributed by atoms with van der Waals surface area (Å²) in [6.07, 6.45) is 0. The van der Waals surface area contributed by atoms with Gasteiger partial charge in [-0.15, -0.1) is 0 Å². The van der Waals surface area contributed by atoms with Crippen LogP contribution in [0.4, 0.5) is 4.32 Å². The van der Waals surface area contributed by atoms with Gasteiger partial charge in [-0.05, 0) is 0 Å². The van der Waals surface area contributed by atoms with Crippen LogP contribution < -0.4 is 0 Å². The Labute approximate surface area is 44.1 Å². The molecular weight excluding hydrogens is 110 g/mol. The molecule has 0 aliphatic rings. The van der Waals surface area contributed by atoms with Crippen LogP contribution in [0.3, 0.4) is 0 Å². The van der Waals surface area contributed by atoms with E-state index < -0.39 is 7.40 Å². The van der Waals surface area contributed by atoms with Crippen LogP contribution in [0.1, 0.15) is 0 Å². The molecule has 5 heteroatoms. The number of halogens is 1. The molecule has 0 saturated carbocycles. The molecule has 0 aromatic rings. The van der Waals surface area contributed by atoms with Crippen molar-refractivity contribution in [3.05, 3.63) is 0 Å². The molecule has 0 amide bonds. The zero-order valence-corrected chi connectivity index (χ0v) is 3.91. The average Bonchev–Trinajstić information content (AvgIpc) is 0.811. The van der Waals surface area contributed by atoms with Crippen molar-refractivity contribution in [2.45, 2.75) is 0 Å². The fourth-order valence-corrected chi connectivity index (χ4v) is 0. The fraction of sp³-hybridized carbons (Fsp3) is 0. The van der Waals surface area contributed by atoms with Crippen molar-refractivity contribution in [1.82, 2.24) is 0 Å². The Bertz CT molecular complexity index is 14.4. The molecule has 2 nitrogen and oxygen atoms in total. The SMILES string of the molecule is OB(O)F.[Ti]. The van der Waals surface area contributed by atoms with Gasteiger partial charge in [0.25, 0.3) is 0 Å². The predicted molar refractivity (Wildman–Crippen MR) is 11.3 cm³/mol. The topological polar surface area (TPSA) is 40.5 Å². The molecule has 0 aromatic carbocycles. The summed E-state index contributed by atoms with van der Waals surface area (Å²) < 4.78 is 10.1. The molecule has 0 spiro atoms. The van der Waals surface area contributed by atoms with E-state index in [9.17, 15) is 4.32 Å². The molecule has 0 atom stereocenters. The third-order valence-electron chi connectivity index (χ3n) is 0. The van der Waals surface area contributed by atoms with Gasteiger partial charge in [0, 0.05) is 21.7 Å². The minimum absolute atomic E-state index is 0. The Balaban J connectivity index is 0. The summed E-state index contributed by atoms with van der Waals surface area (Å²) in [6, 6.07) is 0. The average molecular weight is 112 g/mol. The molecule has 0 aromatic heterocycles. The second-order valence-corrected chi connectivity index (χ2v) is 0.311. The Morgan fingerprint density at radius 2 is 1.40 bits per heavy atom. The standard InChI is InChI=1S/BFH2O2.Ti/c2-1(3)4;/h3-4H;. The van der Waals surface area contributed by atoms with Gasteiger partial charge in [0.1, 0.15) is 0 Å². The molecule has 0 fully saturated rings. The van der Waals surface area contributed by atoms with Gasteiger partial charge in [0.2, 0.25) is 0 Å². The normalized spacial score (nSPS) is 5.40. The minimum Gasteiger partial charge on any atom is -0.398 e. The summed E-state index contributed by atoms with van der Waals surface area (Å²) in [4.78, 5) is 0. The van der Waals surface area contributed by atoms with Gasteiger partial charge in [-0.1, -0.05) is 0 Å². The van der Waals surface area contributed by atoms with Crippen LogP contribution in [0.2, 0.25) is 0 Å². The first-order valence-electron chi connectivity index (χ1n) is 0.735. The Hall–Kier alpha value is 0.629. The van der Waals surface area contributed by atoms with Gasteiger partial charge in [-0.2, -0.15) is 0 Å². The molecule has 28 valence electrons. The first-order valence-corrected chi connectivity index (χ1v) is 0.735. The van der Waals surface area contributed by atoms with Crippen LogP contribution in [-0.4, -0.2) is 17.4 Å².